The molecule has 1 aliphatic rings. The molecule has 1 heterocycles. The van der Waals surface area contributed by atoms with Crippen molar-refractivity contribution in [3.63, 3.8) is 0 Å². The number of carboxylic acids is 1. The molecule has 1 aliphatic heterocycles. The molecule has 0 radical (unpaired) electrons. The Morgan fingerprint density at radius 2 is 1.96 bits per heavy atom. The van der Waals surface area contributed by atoms with Gasteiger partial charge in [0.1, 0.15) is 0 Å². The molecule has 1 atom stereocenters. The molecule has 3 N–H and O–H groups in total. The number of carboxylic acid groups (broad SMARTS) is 1. The molecule has 2 aromatic rings. The Balaban J connectivity index is 1.98. The summed E-state index contributed by atoms with van der Waals surface area (Å²) in [5, 5.41) is 10.3. The molecule has 0 spiro atoms. The number of hydrogen-bond donors (Lipinski definition) is 2. The molecule has 1 unspecified atom stereocenters. The van der Waals surface area contributed by atoms with E-state index in [4.69, 9.17) is 22.1 Å². The Morgan fingerprint density at radius 1 is 1.26 bits per heavy atom. The molecule has 1 saturated heterocycles. The zero-order valence-electron chi connectivity index (χ0n) is 12.5. The van der Waals surface area contributed by atoms with Crippen LogP contribution in [0.3, 0.4) is 0 Å². The van der Waals surface area contributed by atoms with Gasteiger partial charge in [-0.15, -0.1) is 0 Å². The Hall–Kier alpha value is -2.04. The summed E-state index contributed by atoms with van der Waals surface area (Å²) in [7, 11) is 0. The molecular formula is C18H18ClNO3. The van der Waals surface area contributed by atoms with Crippen LogP contribution in [-0.4, -0.2) is 24.3 Å². The molecule has 4 nitrogen and oxygen atoms in total. The fourth-order valence-electron chi connectivity index (χ4n) is 3.11. The van der Waals surface area contributed by atoms with Gasteiger partial charge >= 0.3 is 5.97 Å². The minimum absolute atomic E-state index is 0.373. The lowest BCUT2D eigenvalue weighted by molar-refractivity contribution is -0.157. The highest BCUT2D eigenvalue weighted by atomic mass is 35.5. The van der Waals surface area contributed by atoms with Gasteiger partial charge in [-0.25, -0.2) is 0 Å². The first-order valence-corrected chi connectivity index (χ1v) is 7.81. The van der Waals surface area contributed by atoms with Crippen molar-refractivity contribution < 1.29 is 14.6 Å². The van der Waals surface area contributed by atoms with E-state index in [0.717, 1.165) is 11.1 Å². The van der Waals surface area contributed by atoms with Crippen LogP contribution < -0.4 is 5.73 Å². The van der Waals surface area contributed by atoms with E-state index in [9.17, 15) is 9.90 Å². The van der Waals surface area contributed by atoms with Gasteiger partial charge in [-0.1, -0.05) is 48.0 Å². The monoisotopic (exact) mass is 331 g/mol. The predicted molar refractivity (Wildman–Crippen MR) is 89.6 cm³/mol. The normalized spacial score (nSPS) is 17.3. The second-order valence-corrected chi connectivity index (χ2v) is 6.37. The maximum absolute atomic E-state index is 12.0. The number of carbonyl (C=O) groups is 1. The molecule has 5 heteroatoms. The summed E-state index contributed by atoms with van der Waals surface area (Å²) >= 11 is 5.99. The van der Waals surface area contributed by atoms with E-state index in [1.807, 2.05) is 36.4 Å². The van der Waals surface area contributed by atoms with Crippen molar-refractivity contribution in [2.24, 2.45) is 5.92 Å². The second kappa shape index (κ2) is 6.22. The summed E-state index contributed by atoms with van der Waals surface area (Å²) in [4.78, 5) is 12.0. The van der Waals surface area contributed by atoms with Crippen molar-refractivity contribution in [2.45, 2.75) is 11.8 Å². The summed E-state index contributed by atoms with van der Waals surface area (Å²) in [5.74, 6) is -1.41. The average Bonchev–Trinajstić information content (AvgIpc) is 2.49. The fourth-order valence-corrected chi connectivity index (χ4v) is 3.23. The molecule has 0 aromatic heterocycles. The topological polar surface area (TPSA) is 72.6 Å². The van der Waals surface area contributed by atoms with E-state index >= 15 is 0 Å². The van der Waals surface area contributed by atoms with Crippen LogP contribution in [0.1, 0.15) is 11.1 Å². The van der Waals surface area contributed by atoms with E-state index in [-0.39, 0.29) is 0 Å². The summed E-state index contributed by atoms with van der Waals surface area (Å²) in [6.45, 7) is 0.746. The highest BCUT2D eigenvalue weighted by Gasteiger charge is 2.50. The minimum atomic E-state index is -0.828. The van der Waals surface area contributed by atoms with Gasteiger partial charge in [-0.05, 0) is 29.7 Å². The zero-order chi connectivity index (χ0) is 16.4. The van der Waals surface area contributed by atoms with Crippen LogP contribution in [0.2, 0.25) is 5.02 Å². The van der Waals surface area contributed by atoms with Gasteiger partial charge in [0, 0.05) is 0 Å². The molecule has 3 rings (SSSR count). The SMILES string of the molecule is Nc1cc(C2(C(Cc3ccccc3)C(=O)O)COC2)ccc1Cl. The van der Waals surface area contributed by atoms with Crippen molar-refractivity contribution in [3.8, 4) is 0 Å². The van der Waals surface area contributed by atoms with Crippen LogP contribution in [0.15, 0.2) is 48.5 Å². The zero-order valence-corrected chi connectivity index (χ0v) is 13.3. The highest BCUT2D eigenvalue weighted by molar-refractivity contribution is 6.33. The van der Waals surface area contributed by atoms with Gasteiger partial charge in [0.25, 0.3) is 0 Å². The average molecular weight is 332 g/mol. The number of rotatable bonds is 5. The van der Waals surface area contributed by atoms with Crippen LogP contribution in [0.25, 0.3) is 0 Å². The standard InChI is InChI=1S/C18H18ClNO3/c19-15-7-6-13(9-16(15)20)18(10-23-11-18)14(17(21)22)8-12-4-2-1-3-5-12/h1-7,9,14H,8,10-11,20H2,(H,21,22). The van der Waals surface area contributed by atoms with E-state index in [0.29, 0.717) is 30.3 Å². The van der Waals surface area contributed by atoms with Gasteiger partial charge in [-0.2, -0.15) is 0 Å². The number of halogens is 1. The Bertz CT molecular complexity index is 713. The number of benzene rings is 2. The van der Waals surface area contributed by atoms with E-state index < -0.39 is 17.3 Å². The molecular weight excluding hydrogens is 314 g/mol. The fraction of sp³-hybridized carbons (Fsp3) is 0.278. The van der Waals surface area contributed by atoms with Crippen molar-refractivity contribution >= 4 is 23.3 Å². The molecule has 0 bridgehead atoms. The lowest BCUT2D eigenvalue weighted by Gasteiger charge is -2.46. The van der Waals surface area contributed by atoms with Crippen LogP contribution in [0.5, 0.6) is 0 Å². The maximum Gasteiger partial charge on any atom is 0.307 e. The predicted octanol–water partition coefficient (Wildman–Crippen LogP) is 3.13. The Labute approximate surface area is 139 Å². The molecule has 0 amide bonds. The summed E-state index contributed by atoms with van der Waals surface area (Å²) in [5.41, 5.74) is 7.66. The van der Waals surface area contributed by atoms with Crippen LogP contribution >= 0.6 is 11.6 Å². The number of hydrogen-bond acceptors (Lipinski definition) is 3. The summed E-state index contributed by atoms with van der Waals surface area (Å²) in [6.07, 6.45) is 0.446. The molecule has 1 fully saturated rings. The second-order valence-electron chi connectivity index (χ2n) is 5.97. The summed E-state index contributed by atoms with van der Waals surface area (Å²) < 4.78 is 5.39. The lowest BCUT2D eigenvalue weighted by Crippen LogP contribution is -2.55. The van der Waals surface area contributed by atoms with Crippen LogP contribution in [0, 0.1) is 5.92 Å². The van der Waals surface area contributed by atoms with Gasteiger partial charge in [0.05, 0.1) is 35.3 Å². The largest absolute Gasteiger partial charge is 0.481 e. The van der Waals surface area contributed by atoms with Crippen molar-refractivity contribution in [1.82, 2.24) is 0 Å². The Kier molecular flexibility index (Phi) is 4.28. The number of ether oxygens (including phenoxy) is 1. The third-order valence-corrected chi connectivity index (χ3v) is 4.88. The van der Waals surface area contributed by atoms with Crippen molar-refractivity contribution in [3.05, 3.63) is 64.7 Å². The van der Waals surface area contributed by atoms with Crippen LogP contribution in [-0.2, 0) is 21.4 Å². The Morgan fingerprint density at radius 3 is 2.48 bits per heavy atom. The molecule has 0 saturated carbocycles. The van der Waals surface area contributed by atoms with Gasteiger partial charge in [-0.3, -0.25) is 4.79 Å². The first-order valence-electron chi connectivity index (χ1n) is 7.43. The van der Waals surface area contributed by atoms with Gasteiger partial charge in [0.15, 0.2) is 0 Å². The molecule has 0 aliphatic carbocycles. The molecule has 2 aromatic carbocycles. The number of aliphatic carboxylic acids is 1. The smallest absolute Gasteiger partial charge is 0.307 e. The third-order valence-electron chi connectivity index (χ3n) is 4.54. The molecule has 23 heavy (non-hydrogen) atoms. The lowest BCUT2D eigenvalue weighted by atomic mass is 9.66. The highest BCUT2D eigenvalue weighted by Crippen LogP contribution is 2.42. The van der Waals surface area contributed by atoms with E-state index in [1.54, 1.807) is 12.1 Å². The minimum Gasteiger partial charge on any atom is -0.481 e. The summed E-state index contributed by atoms with van der Waals surface area (Å²) in [6, 6.07) is 15.0. The van der Waals surface area contributed by atoms with Gasteiger partial charge in [0.2, 0.25) is 0 Å². The first kappa shape index (κ1) is 15.8. The first-order chi connectivity index (χ1) is 11.0. The van der Waals surface area contributed by atoms with Crippen molar-refractivity contribution in [1.29, 1.82) is 0 Å². The van der Waals surface area contributed by atoms with Crippen molar-refractivity contribution in [2.75, 3.05) is 18.9 Å². The third kappa shape index (κ3) is 2.92. The van der Waals surface area contributed by atoms with E-state index in [1.165, 1.54) is 0 Å². The number of anilines is 1. The number of nitrogen functional groups attached to an aromatic ring is 1. The maximum atomic E-state index is 12.0. The van der Waals surface area contributed by atoms with Gasteiger partial charge < -0.3 is 15.6 Å². The molecule has 120 valence electrons. The quantitative estimate of drug-likeness (QED) is 0.826. The number of nitrogens with two attached hydrogens (primary N) is 1. The van der Waals surface area contributed by atoms with E-state index in [2.05, 4.69) is 0 Å². The van der Waals surface area contributed by atoms with Crippen LogP contribution in [0.4, 0.5) is 5.69 Å².